The molecule has 0 aromatic carbocycles. The third-order valence-corrected chi connectivity index (χ3v) is 3.82. The molecule has 0 spiro atoms. The molecule has 2 aromatic rings. The zero-order valence-electron chi connectivity index (χ0n) is 11.0. The summed E-state index contributed by atoms with van der Waals surface area (Å²) in [6.45, 7) is 1.94. The van der Waals surface area contributed by atoms with Crippen LogP contribution in [-0.2, 0) is 0 Å². The van der Waals surface area contributed by atoms with Gasteiger partial charge in [0, 0.05) is 23.2 Å². The lowest BCUT2D eigenvalue weighted by Crippen LogP contribution is -2.36. The van der Waals surface area contributed by atoms with Crippen molar-refractivity contribution in [3.63, 3.8) is 0 Å². The molecule has 0 amide bonds. The number of nitrogens with zero attached hydrogens (tertiary/aromatic N) is 3. The van der Waals surface area contributed by atoms with E-state index in [9.17, 15) is 5.11 Å². The number of aliphatic hydroxyl groups is 1. The fourth-order valence-electron chi connectivity index (χ4n) is 2.69. The molecular formula is C14H18N4O. The van der Waals surface area contributed by atoms with Gasteiger partial charge in [-0.15, -0.1) is 5.10 Å². The lowest BCUT2D eigenvalue weighted by molar-refractivity contribution is 0.116. The van der Waals surface area contributed by atoms with E-state index >= 15 is 0 Å². The predicted octanol–water partition coefficient (Wildman–Crippen LogP) is 2.05. The van der Waals surface area contributed by atoms with Crippen LogP contribution in [0.5, 0.6) is 0 Å². The lowest BCUT2D eigenvalue weighted by Gasteiger charge is -2.28. The highest BCUT2D eigenvalue weighted by molar-refractivity contribution is 5.92. The maximum absolute atomic E-state index is 10.0. The molecule has 1 fully saturated rings. The van der Waals surface area contributed by atoms with Crippen LogP contribution in [0.3, 0.4) is 0 Å². The zero-order chi connectivity index (χ0) is 13.2. The van der Waals surface area contributed by atoms with Gasteiger partial charge in [-0.1, -0.05) is 12.8 Å². The molecule has 2 heterocycles. The van der Waals surface area contributed by atoms with Gasteiger partial charge in [0.25, 0.3) is 0 Å². The number of hydrogen-bond acceptors (Lipinski definition) is 5. The molecule has 0 bridgehead atoms. The van der Waals surface area contributed by atoms with Gasteiger partial charge in [0.15, 0.2) is 5.82 Å². The van der Waals surface area contributed by atoms with Crippen LogP contribution in [0.1, 0.15) is 31.4 Å². The van der Waals surface area contributed by atoms with Gasteiger partial charge in [-0.25, -0.2) is 0 Å². The van der Waals surface area contributed by atoms with Gasteiger partial charge < -0.3 is 10.4 Å². The Hall–Kier alpha value is -1.75. The zero-order valence-corrected chi connectivity index (χ0v) is 11.0. The lowest BCUT2D eigenvalue weighted by atomic mass is 9.92. The third kappa shape index (κ3) is 2.38. The summed E-state index contributed by atoms with van der Waals surface area (Å²) in [5.41, 5.74) is 0.896. The molecule has 100 valence electrons. The van der Waals surface area contributed by atoms with Crippen LogP contribution >= 0.6 is 0 Å². The summed E-state index contributed by atoms with van der Waals surface area (Å²) in [7, 11) is 0. The van der Waals surface area contributed by atoms with E-state index in [0.29, 0.717) is 0 Å². The molecule has 2 atom stereocenters. The first-order valence-electron chi connectivity index (χ1n) is 6.77. The standard InChI is InChI=1S/C14H18N4O/c1-9-10-6-7-15-8-11(10)14(18-17-9)16-12-4-2-3-5-13(12)19/h6-8,12-13,19H,2-5H2,1H3,(H,16,18)/t12-,13-/m1/s1. The van der Waals surface area contributed by atoms with Gasteiger partial charge in [-0.05, 0) is 25.8 Å². The molecule has 1 aliphatic rings. The topological polar surface area (TPSA) is 70.9 Å². The van der Waals surface area contributed by atoms with Gasteiger partial charge in [-0.3, -0.25) is 4.98 Å². The highest BCUT2D eigenvalue weighted by atomic mass is 16.3. The molecule has 3 rings (SSSR count). The fourth-order valence-corrected chi connectivity index (χ4v) is 2.69. The summed E-state index contributed by atoms with van der Waals surface area (Å²) in [6.07, 6.45) is 7.32. The van der Waals surface area contributed by atoms with E-state index < -0.39 is 0 Å². The SMILES string of the molecule is Cc1nnc(N[C@@H]2CCCC[C@H]2O)c2cnccc12. The number of aromatic nitrogens is 3. The number of pyridine rings is 1. The second-order valence-corrected chi connectivity index (χ2v) is 5.16. The van der Waals surface area contributed by atoms with Crippen LogP contribution < -0.4 is 5.32 Å². The van der Waals surface area contributed by atoms with Crippen molar-refractivity contribution in [1.29, 1.82) is 0 Å². The first-order chi connectivity index (χ1) is 9.25. The molecule has 0 aliphatic heterocycles. The Bertz CT molecular complexity index is 587. The van der Waals surface area contributed by atoms with Crippen molar-refractivity contribution in [3.8, 4) is 0 Å². The van der Waals surface area contributed by atoms with Crippen molar-refractivity contribution in [2.24, 2.45) is 0 Å². The average Bonchev–Trinajstić information content (AvgIpc) is 2.44. The van der Waals surface area contributed by atoms with Gasteiger partial charge in [-0.2, -0.15) is 5.10 Å². The van der Waals surface area contributed by atoms with Crippen LogP contribution in [0.15, 0.2) is 18.5 Å². The quantitative estimate of drug-likeness (QED) is 0.862. The van der Waals surface area contributed by atoms with Gasteiger partial charge in [0.05, 0.1) is 17.8 Å². The van der Waals surface area contributed by atoms with E-state index in [-0.39, 0.29) is 12.1 Å². The van der Waals surface area contributed by atoms with Crippen molar-refractivity contribution in [1.82, 2.24) is 15.2 Å². The van der Waals surface area contributed by atoms with E-state index in [2.05, 4.69) is 20.5 Å². The van der Waals surface area contributed by atoms with E-state index in [1.807, 2.05) is 13.0 Å². The van der Waals surface area contributed by atoms with Crippen LogP contribution in [-0.4, -0.2) is 32.4 Å². The summed E-state index contributed by atoms with van der Waals surface area (Å²) in [4.78, 5) is 4.16. The minimum absolute atomic E-state index is 0.0640. The van der Waals surface area contributed by atoms with Crippen LogP contribution in [0, 0.1) is 6.92 Å². The van der Waals surface area contributed by atoms with E-state index in [1.165, 1.54) is 0 Å². The maximum Gasteiger partial charge on any atom is 0.158 e. The van der Waals surface area contributed by atoms with Crippen molar-refractivity contribution >= 4 is 16.6 Å². The number of rotatable bonds is 2. The van der Waals surface area contributed by atoms with Crippen LogP contribution in [0.2, 0.25) is 0 Å². The Morgan fingerprint density at radius 3 is 2.89 bits per heavy atom. The summed E-state index contributed by atoms with van der Waals surface area (Å²) >= 11 is 0. The van der Waals surface area contributed by atoms with Crippen molar-refractivity contribution in [2.45, 2.75) is 44.8 Å². The summed E-state index contributed by atoms with van der Waals surface area (Å²) < 4.78 is 0. The highest BCUT2D eigenvalue weighted by Gasteiger charge is 2.23. The molecule has 0 saturated heterocycles. The smallest absolute Gasteiger partial charge is 0.158 e. The molecule has 5 nitrogen and oxygen atoms in total. The van der Waals surface area contributed by atoms with E-state index in [1.54, 1.807) is 12.4 Å². The second-order valence-electron chi connectivity index (χ2n) is 5.16. The number of aryl methyl sites for hydroxylation is 1. The second kappa shape index (κ2) is 5.09. The molecule has 2 aromatic heterocycles. The van der Waals surface area contributed by atoms with Crippen molar-refractivity contribution in [2.75, 3.05) is 5.32 Å². The van der Waals surface area contributed by atoms with Crippen LogP contribution in [0.4, 0.5) is 5.82 Å². The Kier molecular flexibility index (Phi) is 3.29. The number of nitrogens with one attached hydrogen (secondary N) is 1. The van der Waals surface area contributed by atoms with E-state index in [0.717, 1.165) is 48.0 Å². The number of fused-ring (bicyclic) bond motifs is 1. The molecule has 5 heteroatoms. The molecule has 0 radical (unpaired) electrons. The molecular weight excluding hydrogens is 240 g/mol. The monoisotopic (exact) mass is 258 g/mol. The minimum Gasteiger partial charge on any atom is -0.391 e. The van der Waals surface area contributed by atoms with E-state index in [4.69, 9.17) is 0 Å². The number of aliphatic hydroxyl groups excluding tert-OH is 1. The Morgan fingerprint density at radius 2 is 2.05 bits per heavy atom. The minimum atomic E-state index is -0.302. The molecule has 1 saturated carbocycles. The predicted molar refractivity (Wildman–Crippen MR) is 74.0 cm³/mol. The Morgan fingerprint density at radius 1 is 1.21 bits per heavy atom. The largest absolute Gasteiger partial charge is 0.391 e. The highest BCUT2D eigenvalue weighted by Crippen LogP contribution is 2.26. The summed E-state index contributed by atoms with van der Waals surface area (Å²) in [6, 6.07) is 2.01. The molecule has 0 unspecified atom stereocenters. The van der Waals surface area contributed by atoms with Gasteiger partial charge in [0.1, 0.15) is 0 Å². The third-order valence-electron chi connectivity index (χ3n) is 3.82. The number of hydrogen-bond donors (Lipinski definition) is 2. The van der Waals surface area contributed by atoms with Gasteiger partial charge in [0.2, 0.25) is 0 Å². The van der Waals surface area contributed by atoms with Crippen molar-refractivity contribution < 1.29 is 5.11 Å². The number of anilines is 1. The maximum atomic E-state index is 10.0. The molecule has 19 heavy (non-hydrogen) atoms. The van der Waals surface area contributed by atoms with Crippen molar-refractivity contribution in [3.05, 3.63) is 24.2 Å². The fraction of sp³-hybridized carbons (Fsp3) is 0.500. The first kappa shape index (κ1) is 12.3. The molecule has 1 aliphatic carbocycles. The summed E-state index contributed by atoms with van der Waals surface area (Å²) in [5.74, 6) is 0.722. The normalized spacial score (nSPS) is 23.5. The summed E-state index contributed by atoms with van der Waals surface area (Å²) in [5, 5.41) is 23.8. The average molecular weight is 258 g/mol. The van der Waals surface area contributed by atoms with Gasteiger partial charge >= 0.3 is 0 Å². The Labute approximate surface area is 112 Å². The first-order valence-corrected chi connectivity index (χ1v) is 6.77. The Balaban J connectivity index is 1.94. The van der Waals surface area contributed by atoms with Crippen LogP contribution in [0.25, 0.3) is 10.8 Å². The molecule has 2 N–H and O–H groups in total.